The number of benzene rings is 3. The van der Waals surface area contributed by atoms with Crippen LogP contribution in [0.15, 0.2) is 91.0 Å². The highest BCUT2D eigenvalue weighted by molar-refractivity contribution is 6.99. The molecule has 49 heavy (non-hydrogen) atoms. The summed E-state index contributed by atoms with van der Waals surface area (Å²) >= 11 is 0. The summed E-state index contributed by atoms with van der Waals surface area (Å²) in [5.41, 5.74) is 1.18. The lowest BCUT2D eigenvalue weighted by Gasteiger charge is -2.46. The van der Waals surface area contributed by atoms with E-state index >= 15 is 0 Å². The van der Waals surface area contributed by atoms with Crippen LogP contribution in [0.5, 0.6) is 0 Å². The monoisotopic (exact) mass is 702 g/mol. The van der Waals surface area contributed by atoms with E-state index in [1.165, 1.54) is 15.9 Å². The molecule has 3 aromatic carbocycles. The molecule has 1 aliphatic rings. The minimum absolute atomic E-state index is 0.0555. The third kappa shape index (κ3) is 10.8. The Balaban J connectivity index is 1.58. The Labute approximate surface area is 299 Å². The molecule has 7 heteroatoms. The molecule has 0 aliphatic carbocycles. The Hall–Kier alpha value is -2.40. The Kier molecular flexibility index (Phi) is 14.2. The highest BCUT2D eigenvalue weighted by Gasteiger charge is 2.51. The van der Waals surface area contributed by atoms with Crippen molar-refractivity contribution < 1.29 is 23.1 Å². The maximum atomic E-state index is 11.7. The summed E-state index contributed by atoms with van der Waals surface area (Å²) in [5.74, 6) is 0. The van der Waals surface area contributed by atoms with Crippen molar-refractivity contribution in [3.05, 3.63) is 96.6 Å². The second-order valence-corrected chi connectivity index (χ2v) is 25.4. The molecule has 0 amide bonds. The second kappa shape index (κ2) is 17.7. The Bertz CT molecular complexity index is 1350. The molecule has 0 saturated carbocycles. The van der Waals surface area contributed by atoms with Crippen LogP contribution >= 0.6 is 0 Å². The Morgan fingerprint density at radius 2 is 1.24 bits per heavy atom. The number of aldehydes is 1. The van der Waals surface area contributed by atoms with E-state index < -0.39 is 16.6 Å². The lowest BCUT2D eigenvalue weighted by molar-refractivity contribution is -0.111. The highest BCUT2D eigenvalue weighted by Crippen LogP contribution is 2.40. The van der Waals surface area contributed by atoms with E-state index in [1.807, 2.05) is 6.07 Å². The normalized spacial score (nSPS) is 18.9. The van der Waals surface area contributed by atoms with Crippen LogP contribution in [-0.2, 0) is 29.7 Å². The molecule has 1 saturated heterocycles. The van der Waals surface area contributed by atoms with E-state index in [0.29, 0.717) is 19.6 Å². The van der Waals surface area contributed by atoms with Gasteiger partial charge in [-0.1, -0.05) is 133 Å². The van der Waals surface area contributed by atoms with Crippen LogP contribution in [0.1, 0.15) is 92.1 Å². The summed E-state index contributed by atoms with van der Waals surface area (Å²) in [5, 5.41) is 2.52. The standard InChI is InChI=1S/C42H62O5Si2/c1-41(2,3)48(7,8)46-37(27-29-43)31-35-21-18-22-36(45-35)32-38(28-30-44-33-34-19-12-9-13-20-34)47-49(42(4,5)6,39-23-14-10-15-24-39)40-25-16-11-17-26-40/h9-17,19-20,23-26,29,35-38H,18,21-22,27-28,30-33H2,1-8H3/t35-,36+,37+,38+/m1/s1. The SMILES string of the molecule is CC(C)(C)[Si](C)(C)O[C@@H](CC=O)C[C@H]1CCC[C@@H](C[C@H](CCOCc2ccccc2)O[Si](c2ccccc2)(c2ccccc2)C(C)(C)C)O1. The molecule has 0 radical (unpaired) electrons. The topological polar surface area (TPSA) is 54.0 Å². The van der Waals surface area contributed by atoms with Gasteiger partial charge in [-0.3, -0.25) is 0 Å². The van der Waals surface area contributed by atoms with Crippen molar-refractivity contribution in [2.45, 2.75) is 141 Å². The fraction of sp³-hybridized carbons (Fsp3) is 0.548. The molecule has 0 unspecified atom stereocenters. The first kappa shape index (κ1) is 39.4. The number of ether oxygens (including phenoxy) is 2. The van der Waals surface area contributed by atoms with Crippen molar-refractivity contribution in [1.29, 1.82) is 0 Å². The minimum Gasteiger partial charge on any atom is -0.413 e. The van der Waals surface area contributed by atoms with Gasteiger partial charge in [-0.2, -0.15) is 0 Å². The van der Waals surface area contributed by atoms with Gasteiger partial charge in [0.25, 0.3) is 8.32 Å². The third-order valence-electron chi connectivity index (χ3n) is 10.6. The average Bonchev–Trinajstić information content (AvgIpc) is 3.06. The van der Waals surface area contributed by atoms with Crippen molar-refractivity contribution in [3.8, 4) is 0 Å². The molecule has 0 spiro atoms. The first-order valence-corrected chi connectivity index (χ1v) is 23.2. The lowest BCUT2D eigenvalue weighted by atomic mass is 9.96. The number of carbonyl (C=O) groups excluding carboxylic acids is 1. The van der Waals surface area contributed by atoms with Crippen LogP contribution in [0.4, 0.5) is 0 Å². The summed E-state index contributed by atoms with van der Waals surface area (Å²) < 4.78 is 27.6. The van der Waals surface area contributed by atoms with Gasteiger partial charge in [0.15, 0.2) is 8.32 Å². The number of hydrogen-bond donors (Lipinski definition) is 0. The van der Waals surface area contributed by atoms with Gasteiger partial charge in [0.1, 0.15) is 6.29 Å². The predicted molar refractivity (Wildman–Crippen MR) is 208 cm³/mol. The van der Waals surface area contributed by atoms with E-state index in [-0.39, 0.29) is 34.5 Å². The van der Waals surface area contributed by atoms with E-state index in [0.717, 1.165) is 44.8 Å². The van der Waals surface area contributed by atoms with Crippen LogP contribution in [0.25, 0.3) is 0 Å². The van der Waals surface area contributed by atoms with Gasteiger partial charge in [0.2, 0.25) is 0 Å². The van der Waals surface area contributed by atoms with Crippen LogP contribution < -0.4 is 10.4 Å². The average molecular weight is 703 g/mol. The van der Waals surface area contributed by atoms with Gasteiger partial charge in [-0.05, 0) is 77.6 Å². The Morgan fingerprint density at radius 3 is 1.73 bits per heavy atom. The summed E-state index contributed by atoms with van der Waals surface area (Å²) in [6.45, 7) is 19.5. The lowest BCUT2D eigenvalue weighted by Crippen LogP contribution is -2.68. The van der Waals surface area contributed by atoms with E-state index in [4.69, 9.17) is 18.3 Å². The molecule has 3 aromatic rings. The zero-order valence-electron chi connectivity index (χ0n) is 31.5. The highest BCUT2D eigenvalue weighted by atomic mass is 28.4. The van der Waals surface area contributed by atoms with Gasteiger partial charge in [-0.25, -0.2) is 0 Å². The number of carbonyl (C=O) groups is 1. The smallest absolute Gasteiger partial charge is 0.261 e. The largest absolute Gasteiger partial charge is 0.413 e. The Morgan fingerprint density at radius 1 is 0.735 bits per heavy atom. The van der Waals surface area contributed by atoms with Crippen molar-refractivity contribution in [1.82, 2.24) is 0 Å². The van der Waals surface area contributed by atoms with Crippen LogP contribution in [0, 0.1) is 0 Å². The fourth-order valence-corrected chi connectivity index (χ4v) is 13.1. The fourth-order valence-electron chi connectivity index (χ4n) is 6.95. The van der Waals surface area contributed by atoms with Gasteiger partial charge < -0.3 is 23.1 Å². The minimum atomic E-state index is -2.79. The van der Waals surface area contributed by atoms with E-state index in [2.05, 4.69) is 140 Å². The maximum Gasteiger partial charge on any atom is 0.261 e. The van der Waals surface area contributed by atoms with Gasteiger partial charge in [-0.15, -0.1) is 0 Å². The van der Waals surface area contributed by atoms with Crippen molar-refractivity contribution in [2.24, 2.45) is 0 Å². The quantitative estimate of drug-likeness (QED) is 0.0798. The van der Waals surface area contributed by atoms with Crippen molar-refractivity contribution in [2.75, 3.05) is 6.61 Å². The van der Waals surface area contributed by atoms with Crippen molar-refractivity contribution in [3.63, 3.8) is 0 Å². The van der Waals surface area contributed by atoms with Gasteiger partial charge >= 0.3 is 0 Å². The maximum absolute atomic E-state index is 11.7. The second-order valence-electron chi connectivity index (χ2n) is 16.4. The molecule has 1 aliphatic heterocycles. The molecule has 4 atom stereocenters. The van der Waals surface area contributed by atoms with Crippen LogP contribution in [-0.4, -0.2) is 53.9 Å². The van der Waals surface area contributed by atoms with Crippen LogP contribution in [0.2, 0.25) is 23.2 Å². The molecule has 0 aromatic heterocycles. The molecule has 5 nitrogen and oxygen atoms in total. The summed E-state index contributed by atoms with van der Waals surface area (Å²) in [6.07, 6.45) is 6.82. The molecule has 1 heterocycles. The molecule has 0 N–H and O–H groups in total. The summed E-state index contributed by atoms with van der Waals surface area (Å²) in [4.78, 5) is 11.7. The first-order chi connectivity index (χ1) is 23.2. The molecule has 0 bridgehead atoms. The zero-order chi connectivity index (χ0) is 35.5. The number of hydrogen-bond acceptors (Lipinski definition) is 5. The molecule has 4 rings (SSSR count). The number of rotatable bonds is 17. The predicted octanol–water partition coefficient (Wildman–Crippen LogP) is 9.24. The molecular weight excluding hydrogens is 641 g/mol. The molecular formula is C42H62O5Si2. The summed E-state index contributed by atoms with van der Waals surface area (Å²) in [6, 6.07) is 32.2. The zero-order valence-corrected chi connectivity index (χ0v) is 33.5. The third-order valence-corrected chi connectivity index (χ3v) is 20.2. The van der Waals surface area contributed by atoms with Crippen molar-refractivity contribution >= 4 is 33.3 Å². The molecule has 268 valence electrons. The van der Waals surface area contributed by atoms with Crippen LogP contribution in [0.3, 0.4) is 0 Å². The van der Waals surface area contributed by atoms with Gasteiger partial charge in [0, 0.05) is 13.0 Å². The van der Waals surface area contributed by atoms with E-state index in [9.17, 15) is 4.79 Å². The van der Waals surface area contributed by atoms with Gasteiger partial charge in [0.05, 0.1) is 31.0 Å². The first-order valence-electron chi connectivity index (χ1n) is 18.4. The van der Waals surface area contributed by atoms with E-state index in [1.54, 1.807) is 0 Å². The molecule has 1 fully saturated rings. The summed E-state index contributed by atoms with van der Waals surface area (Å²) in [7, 11) is -4.81.